The molecule has 0 aromatic heterocycles. The third-order valence-corrected chi connectivity index (χ3v) is 19.1. The standard InChI is InChI=1S/C84H159NO5/c1-3-5-7-9-11-13-15-17-19-21-23-24-25-35-38-41-44-48-52-56-60-64-68-72-76-82(87)81(80-86)85-83(88)77-73-69-65-61-57-53-49-45-42-39-36-33-31-29-27-26-28-30-32-34-37-40-43-47-51-55-59-63-67-71-75-79-90-84(89)78-74-70-66-62-58-54-50-46-22-20-18-16-14-12-10-8-6-4-2/h20,22,28,30,34,37,72,76,81-82,86-87H,3-19,21,23-27,29,31-33,35-36,38-71,73-75,77-80H2,1-2H3,(H,85,88)/b22-20-,30-28-,37-34-,76-72+. The second-order valence-corrected chi connectivity index (χ2v) is 28.1. The molecule has 6 nitrogen and oxygen atoms in total. The van der Waals surface area contributed by atoms with Crippen molar-refractivity contribution in [3.8, 4) is 0 Å². The van der Waals surface area contributed by atoms with Gasteiger partial charge in [-0.1, -0.05) is 396 Å². The van der Waals surface area contributed by atoms with Crippen molar-refractivity contribution < 1.29 is 24.5 Å². The van der Waals surface area contributed by atoms with Crippen LogP contribution in [0, 0.1) is 0 Å². The fourth-order valence-corrected chi connectivity index (χ4v) is 12.8. The molecule has 90 heavy (non-hydrogen) atoms. The summed E-state index contributed by atoms with van der Waals surface area (Å²) < 4.78 is 5.51. The summed E-state index contributed by atoms with van der Waals surface area (Å²) in [6, 6.07) is -0.630. The molecule has 0 bridgehead atoms. The van der Waals surface area contributed by atoms with Crippen LogP contribution in [0.1, 0.15) is 450 Å². The van der Waals surface area contributed by atoms with Gasteiger partial charge in [0.15, 0.2) is 0 Å². The molecule has 0 fully saturated rings. The lowest BCUT2D eigenvalue weighted by Gasteiger charge is -2.20. The lowest BCUT2D eigenvalue weighted by molar-refractivity contribution is -0.143. The van der Waals surface area contributed by atoms with E-state index in [1.54, 1.807) is 6.08 Å². The van der Waals surface area contributed by atoms with Gasteiger partial charge in [-0.05, 0) is 89.9 Å². The van der Waals surface area contributed by atoms with Gasteiger partial charge < -0.3 is 20.3 Å². The summed E-state index contributed by atoms with van der Waals surface area (Å²) in [6.45, 7) is 4.94. The van der Waals surface area contributed by atoms with E-state index >= 15 is 0 Å². The van der Waals surface area contributed by atoms with E-state index in [1.807, 2.05) is 6.08 Å². The summed E-state index contributed by atoms with van der Waals surface area (Å²) in [4.78, 5) is 24.7. The zero-order valence-electron chi connectivity index (χ0n) is 60.9. The molecule has 0 saturated carbocycles. The van der Waals surface area contributed by atoms with Crippen molar-refractivity contribution in [1.82, 2.24) is 5.32 Å². The highest BCUT2D eigenvalue weighted by atomic mass is 16.5. The average molecular weight is 1260 g/mol. The molecule has 0 aliphatic rings. The van der Waals surface area contributed by atoms with Crippen LogP contribution in [0.15, 0.2) is 48.6 Å². The Morgan fingerprint density at radius 1 is 0.311 bits per heavy atom. The minimum Gasteiger partial charge on any atom is -0.466 e. The first kappa shape index (κ1) is 87.8. The van der Waals surface area contributed by atoms with E-state index < -0.39 is 12.1 Å². The Morgan fingerprint density at radius 2 is 0.556 bits per heavy atom. The molecule has 0 aromatic carbocycles. The first-order chi connectivity index (χ1) is 44.5. The van der Waals surface area contributed by atoms with Crippen molar-refractivity contribution in [1.29, 1.82) is 0 Å². The van der Waals surface area contributed by atoms with Crippen LogP contribution in [0.3, 0.4) is 0 Å². The molecule has 530 valence electrons. The lowest BCUT2D eigenvalue weighted by atomic mass is 10.0. The molecule has 0 rings (SSSR count). The second kappa shape index (κ2) is 79.3. The number of amides is 1. The SMILES string of the molecule is CCCCCCCCC/C=C\CCCCCCCCCC(=O)OCCCCCCCCCCC/C=C\C/C=C\CCCCCCCCCCCCCCCCCC(=O)NC(CO)C(O)/C=C/CCCCCCCCCCCCCCCCCCCCCCCC. The van der Waals surface area contributed by atoms with Gasteiger partial charge in [-0.25, -0.2) is 0 Å². The van der Waals surface area contributed by atoms with Crippen LogP contribution in [-0.4, -0.2) is 47.4 Å². The number of aliphatic hydroxyl groups is 2. The molecular formula is C84H159NO5. The van der Waals surface area contributed by atoms with E-state index in [0.717, 1.165) is 51.4 Å². The number of rotatable bonds is 77. The summed E-state index contributed by atoms with van der Waals surface area (Å²) in [5.74, 6) is -0.0521. The van der Waals surface area contributed by atoms with Crippen molar-refractivity contribution in [3.05, 3.63) is 48.6 Å². The van der Waals surface area contributed by atoms with Gasteiger partial charge in [-0.15, -0.1) is 0 Å². The molecule has 1 amide bonds. The zero-order valence-corrected chi connectivity index (χ0v) is 60.9. The summed E-state index contributed by atoms with van der Waals surface area (Å²) in [6.07, 6.45) is 105. The Kier molecular flexibility index (Phi) is 77.3. The first-order valence-electron chi connectivity index (χ1n) is 40.9. The van der Waals surface area contributed by atoms with Crippen LogP contribution in [0.2, 0.25) is 0 Å². The summed E-state index contributed by atoms with van der Waals surface area (Å²) in [5.41, 5.74) is 0. The maximum atomic E-state index is 12.6. The molecule has 0 aliphatic carbocycles. The Balaban J connectivity index is 3.41. The summed E-state index contributed by atoms with van der Waals surface area (Å²) in [7, 11) is 0. The topological polar surface area (TPSA) is 95.9 Å². The number of unbranched alkanes of at least 4 members (excludes halogenated alkanes) is 60. The third kappa shape index (κ3) is 74.9. The predicted octanol–water partition coefficient (Wildman–Crippen LogP) is 27.2. The van der Waals surface area contributed by atoms with E-state index in [2.05, 4.69) is 55.6 Å². The van der Waals surface area contributed by atoms with E-state index in [1.165, 1.54) is 372 Å². The Hall–Kier alpha value is -2.18. The minimum absolute atomic E-state index is 0.0107. The first-order valence-corrected chi connectivity index (χ1v) is 40.9. The molecule has 2 unspecified atom stereocenters. The molecule has 3 N–H and O–H groups in total. The van der Waals surface area contributed by atoms with Gasteiger partial charge in [0.25, 0.3) is 0 Å². The third-order valence-electron chi connectivity index (χ3n) is 19.1. The zero-order chi connectivity index (χ0) is 64.9. The molecule has 0 heterocycles. The van der Waals surface area contributed by atoms with Gasteiger partial charge in [-0.3, -0.25) is 9.59 Å². The van der Waals surface area contributed by atoms with Gasteiger partial charge in [-0.2, -0.15) is 0 Å². The fourth-order valence-electron chi connectivity index (χ4n) is 12.8. The van der Waals surface area contributed by atoms with E-state index in [9.17, 15) is 19.8 Å². The fraction of sp³-hybridized carbons (Fsp3) is 0.881. The highest BCUT2D eigenvalue weighted by Gasteiger charge is 2.18. The van der Waals surface area contributed by atoms with Crippen LogP contribution in [0.5, 0.6) is 0 Å². The van der Waals surface area contributed by atoms with E-state index in [-0.39, 0.29) is 18.5 Å². The number of hydrogen-bond acceptors (Lipinski definition) is 5. The Morgan fingerprint density at radius 3 is 0.856 bits per heavy atom. The average Bonchev–Trinajstić information content (AvgIpc) is 3.72. The number of esters is 1. The molecular weight excluding hydrogens is 1100 g/mol. The molecule has 0 radical (unpaired) electrons. The number of aliphatic hydroxyl groups excluding tert-OH is 2. The van der Waals surface area contributed by atoms with E-state index in [4.69, 9.17) is 4.74 Å². The Labute approximate surface area is 563 Å². The number of carbonyl (C=O) groups is 2. The normalized spacial score (nSPS) is 12.7. The summed E-state index contributed by atoms with van der Waals surface area (Å²) in [5, 5.41) is 23.3. The number of hydrogen-bond donors (Lipinski definition) is 3. The highest BCUT2D eigenvalue weighted by molar-refractivity contribution is 5.76. The predicted molar refractivity (Wildman–Crippen MR) is 398 cm³/mol. The van der Waals surface area contributed by atoms with Crippen molar-refractivity contribution in [3.63, 3.8) is 0 Å². The Bertz CT molecular complexity index is 1500. The van der Waals surface area contributed by atoms with Gasteiger partial charge in [0.1, 0.15) is 0 Å². The highest BCUT2D eigenvalue weighted by Crippen LogP contribution is 2.19. The molecule has 0 saturated heterocycles. The number of allylic oxidation sites excluding steroid dienone is 7. The van der Waals surface area contributed by atoms with Gasteiger partial charge in [0.05, 0.1) is 25.4 Å². The number of carbonyl (C=O) groups excluding carboxylic acids is 2. The van der Waals surface area contributed by atoms with Crippen LogP contribution in [-0.2, 0) is 14.3 Å². The van der Waals surface area contributed by atoms with Crippen molar-refractivity contribution in [2.75, 3.05) is 13.2 Å². The minimum atomic E-state index is -0.847. The van der Waals surface area contributed by atoms with E-state index in [0.29, 0.717) is 19.4 Å². The molecule has 2 atom stereocenters. The summed E-state index contributed by atoms with van der Waals surface area (Å²) >= 11 is 0. The van der Waals surface area contributed by atoms with Gasteiger partial charge in [0, 0.05) is 12.8 Å². The van der Waals surface area contributed by atoms with Crippen LogP contribution < -0.4 is 5.32 Å². The molecule has 0 spiro atoms. The monoisotopic (exact) mass is 1260 g/mol. The molecule has 0 aromatic rings. The van der Waals surface area contributed by atoms with Crippen LogP contribution in [0.25, 0.3) is 0 Å². The van der Waals surface area contributed by atoms with Crippen molar-refractivity contribution >= 4 is 11.9 Å². The quantitative estimate of drug-likeness (QED) is 0.0320. The van der Waals surface area contributed by atoms with Crippen LogP contribution >= 0.6 is 0 Å². The van der Waals surface area contributed by atoms with Crippen LogP contribution in [0.4, 0.5) is 0 Å². The molecule has 0 aliphatic heterocycles. The largest absolute Gasteiger partial charge is 0.466 e. The van der Waals surface area contributed by atoms with Crippen molar-refractivity contribution in [2.45, 2.75) is 463 Å². The molecule has 6 heteroatoms. The van der Waals surface area contributed by atoms with Gasteiger partial charge >= 0.3 is 5.97 Å². The van der Waals surface area contributed by atoms with Gasteiger partial charge in [0.2, 0.25) is 5.91 Å². The van der Waals surface area contributed by atoms with Crippen molar-refractivity contribution in [2.24, 2.45) is 0 Å². The maximum absolute atomic E-state index is 12.6. The lowest BCUT2D eigenvalue weighted by Crippen LogP contribution is -2.45. The maximum Gasteiger partial charge on any atom is 0.305 e. The second-order valence-electron chi connectivity index (χ2n) is 28.1. The number of nitrogens with one attached hydrogen (secondary N) is 1. The number of ether oxygens (including phenoxy) is 1. The smallest absolute Gasteiger partial charge is 0.305 e.